The molecule has 7 nitrogen and oxygen atoms in total. The first-order chi connectivity index (χ1) is 16.6. The average molecular weight is 524 g/mol. The zero-order chi connectivity index (χ0) is 25.6. The molecule has 35 heavy (non-hydrogen) atoms. The van der Waals surface area contributed by atoms with E-state index in [4.69, 9.17) is 14.6 Å². The number of rotatable bonds is 13. The second-order valence-corrected chi connectivity index (χ2v) is 11.6. The van der Waals surface area contributed by atoms with Gasteiger partial charge < -0.3 is 19.9 Å². The van der Waals surface area contributed by atoms with Gasteiger partial charge in [-0.3, -0.25) is 0 Å². The summed E-state index contributed by atoms with van der Waals surface area (Å²) in [6.07, 6.45) is 1.07. The Morgan fingerprint density at radius 1 is 1.20 bits per heavy atom. The van der Waals surface area contributed by atoms with Gasteiger partial charge in [0.1, 0.15) is 27.6 Å². The van der Waals surface area contributed by atoms with Gasteiger partial charge in [-0.05, 0) is 86.1 Å². The van der Waals surface area contributed by atoms with Crippen LogP contribution in [0.4, 0.5) is 4.39 Å². The monoisotopic (exact) mass is 523 g/mol. The third-order valence-corrected chi connectivity index (χ3v) is 9.31. The Hall–Kier alpha value is -2.69. The summed E-state index contributed by atoms with van der Waals surface area (Å²) >= 11 is 1.19. The van der Waals surface area contributed by atoms with Crippen LogP contribution in [-0.4, -0.2) is 51.0 Å². The number of hydrogen-bond donors (Lipinski definition) is 2. The van der Waals surface area contributed by atoms with Crippen molar-refractivity contribution in [2.75, 3.05) is 25.4 Å². The molecule has 0 bridgehead atoms. The number of ether oxygens (including phenoxy) is 2. The van der Waals surface area contributed by atoms with Crippen molar-refractivity contribution in [3.63, 3.8) is 0 Å². The lowest BCUT2D eigenvalue weighted by Crippen LogP contribution is -2.32. The minimum atomic E-state index is -3.46. The zero-order valence-electron chi connectivity index (χ0n) is 20.0. The van der Waals surface area contributed by atoms with E-state index in [9.17, 15) is 17.6 Å². The number of sulfone groups is 1. The molecule has 0 aliphatic heterocycles. The highest BCUT2D eigenvalue weighted by Gasteiger charge is 2.22. The van der Waals surface area contributed by atoms with Crippen molar-refractivity contribution in [3.8, 4) is 11.5 Å². The summed E-state index contributed by atoms with van der Waals surface area (Å²) in [6, 6.07) is 9.55. The van der Waals surface area contributed by atoms with Crippen LogP contribution in [0.1, 0.15) is 30.9 Å². The number of carboxylic acid groups (broad SMARTS) is 1. The van der Waals surface area contributed by atoms with Gasteiger partial charge in [-0.1, -0.05) is 6.92 Å². The first kappa shape index (κ1) is 26.9. The maximum atomic E-state index is 13.5. The summed E-state index contributed by atoms with van der Waals surface area (Å²) in [5, 5.41) is 12.7. The van der Waals surface area contributed by atoms with E-state index in [1.165, 1.54) is 23.5 Å². The van der Waals surface area contributed by atoms with Crippen molar-refractivity contribution < 1.29 is 32.2 Å². The molecule has 2 N–H and O–H groups in total. The first-order valence-corrected chi connectivity index (χ1v) is 13.8. The number of nitrogens with one attached hydrogen (secondary N) is 1. The summed E-state index contributed by atoms with van der Waals surface area (Å²) in [4.78, 5) is 10.7. The third-order valence-electron chi connectivity index (χ3n) is 5.53. The Kier molecular flexibility index (Phi) is 9.09. The van der Waals surface area contributed by atoms with E-state index in [2.05, 4.69) is 5.32 Å². The molecule has 3 rings (SSSR count). The van der Waals surface area contributed by atoms with Crippen molar-refractivity contribution in [2.24, 2.45) is 0 Å². The molecule has 1 heterocycles. The van der Waals surface area contributed by atoms with Gasteiger partial charge in [0.25, 0.3) is 0 Å². The van der Waals surface area contributed by atoms with E-state index in [1.807, 2.05) is 13.8 Å². The number of aliphatic carboxylic acids is 1. The maximum Gasteiger partial charge on any atom is 0.341 e. The summed E-state index contributed by atoms with van der Waals surface area (Å²) in [7, 11) is -3.46. The first-order valence-electron chi connectivity index (χ1n) is 11.3. The normalized spacial score (nSPS) is 12.6. The Balaban J connectivity index is 1.48. The Morgan fingerprint density at radius 2 is 1.97 bits per heavy atom. The van der Waals surface area contributed by atoms with Crippen molar-refractivity contribution in [2.45, 2.75) is 43.9 Å². The lowest BCUT2D eigenvalue weighted by molar-refractivity contribution is -0.139. The molecule has 0 aliphatic carbocycles. The molecule has 0 fully saturated rings. The fourth-order valence-corrected chi connectivity index (χ4v) is 6.90. The number of carboxylic acids is 1. The number of carbonyl (C=O) groups is 1. The van der Waals surface area contributed by atoms with Gasteiger partial charge in [-0.15, -0.1) is 11.3 Å². The number of aryl methyl sites for hydroxylation is 2. The maximum absolute atomic E-state index is 13.5. The molecule has 10 heteroatoms. The molecule has 1 aromatic heterocycles. The van der Waals surface area contributed by atoms with Gasteiger partial charge in [0.2, 0.25) is 0 Å². The highest BCUT2D eigenvalue weighted by Crippen LogP contribution is 2.35. The van der Waals surface area contributed by atoms with E-state index < -0.39 is 22.4 Å². The highest BCUT2D eigenvalue weighted by molar-refractivity contribution is 7.93. The van der Waals surface area contributed by atoms with Crippen LogP contribution < -0.4 is 14.8 Å². The van der Waals surface area contributed by atoms with Gasteiger partial charge >= 0.3 is 5.97 Å². The second-order valence-electron chi connectivity index (χ2n) is 8.29. The van der Waals surface area contributed by atoms with Crippen LogP contribution >= 0.6 is 11.3 Å². The van der Waals surface area contributed by atoms with Crippen molar-refractivity contribution in [3.05, 3.63) is 53.3 Å². The zero-order valence-corrected chi connectivity index (χ0v) is 21.6. The van der Waals surface area contributed by atoms with Crippen LogP contribution in [0, 0.1) is 19.7 Å². The average Bonchev–Trinajstić information content (AvgIpc) is 3.14. The lowest BCUT2D eigenvalue weighted by atomic mass is 10.2. The molecule has 0 saturated carbocycles. The van der Waals surface area contributed by atoms with Gasteiger partial charge in [0.15, 0.2) is 16.4 Å². The summed E-state index contributed by atoms with van der Waals surface area (Å²) in [6.45, 7) is 6.20. The Bertz CT molecular complexity index is 1290. The van der Waals surface area contributed by atoms with Crippen molar-refractivity contribution in [1.29, 1.82) is 0 Å². The minimum Gasteiger partial charge on any atom is -0.489 e. The van der Waals surface area contributed by atoms with Crippen molar-refractivity contribution >= 4 is 37.2 Å². The molecule has 1 unspecified atom stereocenters. The predicted molar refractivity (Wildman–Crippen MR) is 135 cm³/mol. The molecule has 3 aromatic rings. The van der Waals surface area contributed by atoms with Gasteiger partial charge in [0, 0.05) is 11.2 Å². The number of halogens is 1. The summed E-state index contributed by atoms with van der Waals surface area (Å²) < 4.78 is 51.6. The molecule has 1 atom stereocenters. The third kappa shape index (κ3) is 7.16. The summed E-state index contributed by atoms with van der Waals surface area (Å²) in [5.41, 5.74) is 1.38. The van der Waals surface area contributed by atoms with E-state index in [-0.39, 0.29) is 17.7 Å². The number of fused-ring (bicyclic) bond motifs is 1. The molecular formula is C25H30FNO6S2. The fourth-order valence-electron chi connectivity index (χ4n) is 3.67. The van der Waals surface area contributed by atoms with Gasteiger partial charge in [-0.25, -0.2) is 17.6 Å². The Morgan fingerprint density at radius 3 is 2.66 bits per heavy atom. The second kappa shape index (κ2) is 11.8. The molecule has 0 spiro atoms. The smallest absolute Gasteiger partial charge is 0.341 e. The van der Waals surface area contributed by atoms with Crippen LogP contribution in [-0.2, 0) is 14.6 Å². The van der Waals surface area contributed by atoms with Crippen LogP contribution in [0.3, 0.4) is 0 Å². The quantitative estimate of drug-likeness (QED) is 0.312. The fraction of sp³-hybridized carbons (Fsp3) is 0.400. The molecular weight excluding hydrogens is 493 g/mol. The van der Waals surface area contributed by atoms with E-state index in [1.54, 1.807) is 31.2 Å². The summed E-state index contributed by atoms with van der Waals surface area (Å²) in [5.74, 6) is -0.268. The van der Waals surface area contributed by atoms with Crippen LogP contribution in [0.2, 0.25) is 0 Å². The largest absolute Gasteiger partial charge is 0.489 e. The van der Waals surface area contributed by atoms with E-state index in [0.29, 0.717) is 46.2 Å². The molecule has 0 saturated heterocycles. The highest BCUT2D eigenvalue weighted by atomic mass is 32.2. The topological polar surface area (TPSA) is 102 Å². The SMILES string of the molecule is CCC(CNCCCS(=O)(=O)c1sc2ccc(F)cc2c1C)Oc1ccc(OCC(=O)O)c(C)c1. The standard InChI is InChI=1S/C25H30FNO6S2/c1-4-19(33-20-7-8-22(16(2)12-20)32-15-24(28)29)14-27-10-5-11-35(30,31)25-17(3)21-13-18(26)6-9-23(21)34-25/h6-9,12-13,19,27H,4-5,10-11,14-15H2,1-3H3,(H,28,29). The molecule has 190 valence electrons. The predicted octanol–water partition coefficient (Wildman–Crippen LogP) is 4.73. The molecule has 0 aliphatic rings. The number of thiophene rings is 1. The lowest BCUT2D eigenvalue weighted by Gasteiger charge is -2.19. The Labute approximate surface area is 208 Å². The van der Waals surface area contributed by atoms with Gasteiger partial charge in [0.05, 0.1) is 5.75 Å². The van der Waals surface area contributed by atoms with Crippen LogP contribution in [0.5, 0.6) is 11.5 Å². The molecule has 0 radical (unpaired) electrons. The van der Waals surface area contributed by atoms with E-state index >= 15 is 0 Å². The van der Waals surface area contributed by atoms with E-state index in [0.717, 1.165) is 16.7 Å². The molecule has 2 aromatic carbocycles. The molecule has 0 amide bonds. The van der Waals surface area contributed by atoms with Gasteiger partial charge in [-0.2, -0.15) is 0 Å². The number of hydrogen-bond acceptors (Lipinski definition) is 7. The number of benzene rings is 2. The minimum absolute atomic E-state index is 0.00475. The van der Waals surface area contributed by atoms with Crippen LogP contribution in [0.15, 0.2) is 40.6 Å². The van der Waals surface area contributed by atoms with Crippen LogP contribution in [0.25, 0.3) is 10.1 Å². The van der Waals surface area contributed by atoms with Crippen molar-refractivity contribution in [1.82, 2.24) is 5.32 Å².